The van der Waals surface area contributed by atoms with Crippen molar-refractivity contribution in [1.82, 2.24) is 15.2 Å². The molecule has 0 atom stereocenters. The molecule has 0 saturated carbocycles. The fraction of sp³-hybridized carbons (Fsp3) is 0.533. The quantitative estimate of drug-likeness (QED) is 0.660. The first-order valence-corrected chi connectivity index (χ1v) is 8.21. The molecule has 1 N–H and O–H groups in total. The van der Waals surface area contributed by atoms with Gasteiger partial charge in [-0.05, 0) is 31.4 Å². The molecule has 5 nitrogen and oxygen atoms in total. The number of carbonyl (C=O) groups is 2. The van der Waals surface area contributed by atoms with E-state index in [9.17, 15) is 9.59 Å². The number of carbonyl (C=O) groups excluding carboxylic acids is 2. The molecule has 22 heavy (non-hydrogen) atoms. The van der Waals surface area contributed by atoms with Gasteiger partial charge in [-0.15, -0.1) is 0 Å². The monoisotopic (exact) mass is 343 g/mol. The molecule has 1 aliphatic rings. The minimum Gasteiger partial charge on any atom is -0.351 e. The highest BCUT2D eigenvalue weighted by atomic mass is 35.5. The molecule has 1 aromatic rings. The summed E-state index contributed by atoms with van der Waals surface area (Å²) in [6, 6.07) is 3.08. The second-order valence-electron chi connectivity index (χ2n) is 5.27. The molecule has 2 rings (SSSR count). The van der Waals surface area contributed by atoms with E-state index in [2.05, 4.69) is 10.3 Å². The Hall–Kier alpha value is -1.33. The van der Waals surface area contributed by atoms with Gasteiger partial charge < -0.3 is 10.2 Å². The van der Waals surface area contributed by atoms with Gasteiger partial charge in [-0.25, -0.2) is 4.98 Å². The Morgan fingerprint density at radius 2 is 2.09 bits per heavy atom. The number of rotatable bonds is 5. The molecule has 1 fully saturated rings. The largest absolute Gasteiger partial charge is 0.351 e. The highest BCUT2D eigenvalue weighted by Crippen LogP contribution is 2.16. The predicted octanol–water partition coefficient (Wildman–Crippen LogP) is 2.91. The van der Waals surface area contributed by atoms with Crippen LogP contribution in [-0.2, 0) is 4.79 Å². The van der Waals surface area contributed by atoms with Crippen molar-refractivity contribution in [2.75, 3.05) is 19.6 Å². The van der Waals surface area contributed by atoms with Gasteiger partial charge in [-0.1, -0.05) is 29.6 Å². The second-order valence-corrected chi connectivity index (χ2v) is 6.06. The minimum atomic E-state index is -0.352. The van der Waals surface area contributed by atoms with Crippen molar-refractivity contribution in [3.05, 3.63) is 28.0 Å². The number of aromatic nitrogens is 1. The molecule has 1 saturated heterocycles. The van der Waals surface area contributed by atoms with Gasteiger partial charge in [0.1, 0.15) is 10.8 Å². The van der Waals surface area contributed by atoms with Crippen LogP contribution in [0.2, 0.25) is 10.2 Å². The fourth-order valence-corrected chi connectivity index (χ4v) is 2.75. The van der Waals surface area contributed by atoms with Crippen molar-refractivity contribution in [1.29, 1.82) is 0 Å². The molecule has 0 aromatic carbocycles. The van der Waals surface area contributed by atoms with Gasteiger partial charge in [-0.3, -0.25) is 9.59 Å². The molecule has 2 amide bonds. The van der Waals surface area contributed by atoms with E-state index >= 15 is 0 Å². The topological polar surface area (TPSA) is 62.3 Å². The van der Waals surface area contributed by atoms with Crippen molar-refractivity contribution in [3.63, 3.8) is 0 Å². The summed E-state index contributed by atoms with van der Waals surface area (Å²) in [7, 11) is 0. The average molecular weight is 344 g/mol. The third-order valence-corrected chi connectivity index (χ3v) is 4.10. The number of halogens is 2. The van der Waals surface area contributed by atoms with Gasteiger partial charge in [0.25, 0.3) is 5.91 Å². The Balaban J connectivity index is 1.77. The number of nitrogens with one attached hydrogen (secondary N) is 1. The van der Waals surface area contributed by atoms with Crippen molar-refractivity contribution >= 4 is 35.0 Å². The lowest BCUT2D eigenvalue weighted by molar-refractivity contribution is -0.130. The van der Waals surface area contributed by atoms with Gasteiger partial charge in [0, 0.05) is 26.1 Å². The Labute approximate surface area is 140 Å². The van der Waals surface area contributed by atoms with Gasteiger partial charge in [0.2, 0.25) is 5.91 Å². The summed E-state index contributed by atoms with van der Waals surface area (Å²) >= 11 is 11.7. The molecule has 0 bridgehead atoms. The maximum absolute atomic E-state index is 12.0. The van der Waals surface area contributed by atoms with E-state index < -0.39 is 0 Å². The Morgan fingerprint density at radius 1 is 1.27 bits per heavy atom. The molecule has 0 spiro atoms. The predicted molar refractivity (Wildman–Crippen MR) is 86.3 cm³/mol. The van der Waals surface area contributed by atoms with E-state index in [1.165, 1.54) is 6.07 Å². The molecular weight excluding hydrogens is 325 g/mol. The molecule has 7 heteroatoms. The third kappa shape index (κ3) is 4.85. The molecule has 0 aliphatic carbocycles. The van der Waals surface area contributed by atoms with E-state index in [1.54, 1.807) is 6.07 Å². The molecule has 2 heterocycles. The summed E-state index contributed by atoms with van der Waals surface area (Å²) in [5, 5.41) is 3.25. The zero-order valence-electron chi connectivity index (χ0n) is 12.3. The van der Waals surface area contributed by atoms with E-state index in [0.717, 1.165) is 25.8 Å². The van der Waals surface area contributed by atoms with Crippen LogP contribution < -0.4 is 5.32 Å². The van der Waals surface area contributed by atoms with Crippen molar-refractivity contribution < 1.29 is 9.59 Å². The third-order valence-electron chi connectivity index (χ3n) is 3.59. The van der Waals surface area contributed by atoms with Crippen LogP contribution in [0.25, 0.3) is 0 Å². The summed E-state index contributed by atoms with van der Waals surface area (Å²) in [5.74, 6) is -0.141. The van der Waals surface area contributed by atoms with Gasteiger partial charge in [0.05, 0.1) is 5.02 Å². The maximum Gasteiger partial charge on any atom is 0.271 e. The molecular formula is C15H19Cl2N3O2. The first-order valence-electron chi connectivity index (χ1n) is 7.46. The zero-order chi connectivity index (χ0) is 15.9. The lowest BCUT2D eigenvalue weighted by Gasteiger charge is -2.20. The summed E-state index contributed by atoms with van der Waals surface area (Å²) in [6.45, 7) is 1.94. The van der Waals surface area contributed by atoms with Crippen LogP contribution in [0.15, 0.2) is 12.1 Å². The standard InChI is InChI=1S/C15H19Cl2N3O2/c16-11-6-7-12(17)19-14(11)15(22)18-8-4-10-20-9-3-1-2-5-13(20)21/h6-7H,1-5,8-10H2,(H,18,22). The first kappa shape index (κ1) is 17.0. The van der Waals surface area contributed by atoms with Crippen LogP contribution in [0.4, 0.5) is 0 Å². The van der Waals surface area contributed by atoms with Crippen LogP contribution in [0, 0.1) is 0 Å². The summed E-state index contributed by atoms with van der Waals surface area (Å²) in [6.07, 6.45) is 4.48. The van der Waals surface area contributed by atoms with Crippen LogP contribution in [0.3, 0.4) is 0 Å². The lowest BCUT2D eigenvalue weighted by Crippen LogP contribution is -2.34. The van der Waals surface area contributed by atoms with E-state index in [4.69, 9.17) is 23.2 Å². The van der Waals surface area contributed by atoms with E-state index in [0.29, 0.717) is 25.9 Å². The highest BCUT2D eigenvalue weighted by Gasteiger charge is 2.16. The number of hydrogen-bond donors (Lipinski definition) is 1. The van der Waals surface area contributed by atoms with Gasteiger partial charge in [-0.2, -0.15) is 0 Å². The highest BCUT2D eigenvalue weighted by molar-refractivity contribution is 6.34. The maximum atomic E-state index is 12.0. The van der Waals surface area contributed by atoms with Crippen LogP contribution in [0.1, 0.15) is 42.6 Å². The summed E-state index contributed by atoms with van der Waals surface area (Å²) in [4.78, 5) is 29.6. The smallest absolute Gasteiger partial charge is 0.271 e. The number of pyridine rings is 1. The Bertz CT molecular complexity index is 552. The van der Waals surface area contributed by atoms with Crippen LogP contribution >= 0.6 is 23.2 Å². The fourth-order valence-electron chi connectivity index (χ4n) is 2.41. The number of likely N-dealkylation sites (tertiary alicyclic amines) is 1. The minimum absolute atomic E-state index is 0.125. The Morgan fingerprint density at radius 3 is 2.91 bits per heavy atom. The summed E-state index contributed by atoms with van der Waals surface area (Å²) < 4.78 is 0. The normalized spacial score (nSPS) is 15.5. The number of amides is 2. The van der Waals surface area contributed by atoms with Crippen molar-refractivity contribution in [2.24, 2.45) is 0 Å². The lowest BCUT2D eigenvalue weighted by atomic mass is 10.2. The van der Waals surface area contributed by atoms with Crippen LogP contribution in [-0.4, -0.2) is 41.3 Å². The van der Waals surface area contributed by atoms with Crippen LogP contribution in [0.5, 0.6) is 0 Å². The van der Waals surface area contributed by atoms with E-state index in [1.807, 2.05) is 4.90 Å². The SMILES string of the molecule is O=C(NCCCN1CCCCCC1=O)c1nc(Cl)ccc1Cl. The Kier molecular flexibility index (Phi) is 6.46. The molecule has 0 radical (unpaired) electrons. The van der Waals surface area contributed by atoms with Gasteiger partial charge in [0.15, 0.2) is 0 Å². The number of nitrogens with zero attached hydrogens (tertiary/aromatic N) is 2. The molecule has 1 aromatic heterocycles. The molecule has 120 valence electrons. The van der Waals surface area contributed by atoms with Gasteiger partial charge >= 0.3 is 0 Å². The van der Waals surface area contributed by atoms with Crippen molar-refractivity contribution in [2.45, 2.75) is 32.1 Å². The number of hydrogen-bond acceptors (Lipinski definition) is 3. The molecule has 0 unspecified atom stereocenters. The average Bonchev–Trinajstić information content (AvgIpc) is 2.70. The van der Waals surface area contributed by atoms with E-state index in [-0.39, 0.29) is 27.7 Å². The zero-order valence-corrected chi connectivity index (χ0v) is 13.8. The molecule has 1 aliphatic heterocycles. The second kappa shape index (κ2) is 8.34. The first-order chi connectivity index (χ1) is 10.6. The summed E-state index contributed by atoms with van der Waals surface area (Å²) in [5.41, 5.74) is 0.125. The van der Waals surface area contributed by atoms with Crippen molar-refractivity contribution in [3.8, 4) is 0 Å².